The Kier molecular flexibility index (Phi) is 3.93. The zero-order valence-electron chi connectivity index (χ0n) is 7.58. The van der Waals surface area contributed by atoms with E-state index >= 15 is 0 Å². The molecule has 0 spiro atoms. The van der Waals surface area contributed by atoms with Crippen molar-refractivity contribution in [2.45, 2.75) is 0 Å². The molecule has 1 aromatic heterocycles. The van der Waals surface area contributed by atoms with Gasteiger partial charge in [0, 0.05) is 14.1 Å². The summed E-state index contributed by atoms with van der Waals surface area (Å²) in [5, 5.41) is 9.90. The van der Waals surface area contributed by atoms with Crippen LogP contribution in [-0.2, 0) is 0 Å². The van der Waals surface area contributed by atoms with Crippen molar-refractivity contribution < 1.29 is 0 Å². The van der Waals surface area contributed by atoms with Crippen LogP contribution in [0.25, 0.3) is 0 Å². The molecule has 0 unspecified atom stereocenters. The predicted molar refractivity (Wildman–Crippen MR) is 63.6 cm³/mol. The second-order valence-corrected chi connectivity index (χ2v) is 5.38. The number of hydrogen-bond donors (Lipinski definition) is 0. The molecule has 1 rings (SSSR count). The fraction of sp³-hybridized carbons (Fsp3) is 0.250. The van der Waals surface area contributed by atoms with Crippen LogP contribution >= 0.6 is 38.9 Å². The van der Waals surface area contributed by atoms with E-state index in [9.17, 15) is 0 Å². The van der Waals surface area contributed by atoms with Gasteiger partial charge in [-0.3, -0.25) is 0 Å². The van der Waals surface area contributed by atoms with E-state index in [-0.39, 0.29) is 0 Å². The average Bonchev–Trinajstić information content (AvgIpc) is 2.39. The van der Waals surface area contributed by atoms with Gasteiger partial charge in [-0.05, 0) is 15.9 Å². The van der Waals surface area contributed by atoms with Gasteiger partial charge in [-0.2, -0.15) is 5.26 Å². The molecule has 0 aliphatic carbocycles. The fourth-order valence-electron chi connectivity index (χ4n) is 0.729. The van der Waals surface area contributed by atoms with E-state index < -0.39 is 0 Å². The lowest BCUT2D eigenvalue weighted by Gasteiger charge is -2.00. The van der Waals surface area contributed by atoms with E-state index in [2.05, 4.69) is 20.9 Å². The summed E-state index contributed by atoms with van der Waals surface area (Å²) >= 11 is 10.5. The second kappa shape index (κ2) is 4.78. The summed E-state index contributed by atoms with van der Waals surface area (Å²) in [5.41, 5.74) is 0.418. The molecule has 0 saturated heterocycles. The lowest BCUT2D eigenvalue weighted by atomic mass is 10.3. The number of nitrogens with zero attached hydrogens (tertiary/aromatic N) is 3. The van der Waals surface area contributed by atoms with Crippen molar-refractivity contribution in [1.82, 2.24) is 4.90 Å². The molecule has 0 bridgehead atoms. The van der Waals surface area contributed by atoms with Gasteiger partial charge in [-0.1, -0.05) is 11.6 Å². The molecule has 6 heteroatoms. The molecule has 0 radical (unpaired) electrons. The number of aliphatic imine (C=N–C) groups is 1. The normalized spacial score (nSPS) is 10.5. The highest BCUT2D eigenvalue weighted by Gasteiger charge is 2.13. The van der Waals surface area contributed by atoms with Crippen LogP contribution in [0.3, 0.4) is 0 Å². The van der Waals surface area contributed by atoms with Crippen LogP contribution in [0.5, 0.6) is 0 Å². The molecule has 0 aliphatic heterocycles. The zero-order chi connectivity index (χ0) is 10.7. The minimum absolute atomic E-state index is 0.418. The van der Waals surface area contributed by atoms with Crippen molar-refractivity contribution in [3.63, 3.8) is 0 Å². The number of rotatable bonds is 2. The van der Waals surface area contributed by atoms with Gasteiger partial charge in [-0.25, -0.2) is 4.99 Å². The van der Waals surface area contributed by atoms with E-state index in [0.29, 0.717) is 15.6 Å². The van der Waals surface area contributed by atoms with Crippen LogP contribution in [0, 0.1) is 11.3 Å². The van der Waals surface area contributed by atoms with Crippen molar-refractivity contribution in [2.75, 3.05) is 14.1 Å². The highest BCUT2D eigenvalue weighted by atomic mass is 79.9. The maximum Gasteiger partial charge on any atom is 0.138 e. The highest BCUT2D eigenvalue weighted by molar-refractivity contribution is 9.11. The van der Waals surface area contributed by atoms with Gasteiger partial charge in [0.1, 0.15) is 16.6 Å². The van der Waals surface area contributed by atoms with E-state index in [1.54, 1.807) is 11.2 Å². The summed E-state index contributed by atoms with van der Waals surface area (Å²) in [5.74, 6) is 0. The predicted octanol–water partition coefficient (Wildman–Crippen LogP) is 3.26. The van der Waals surface area contributed by atoms with Gasteiger partial charge < -0.3 is 4.90 Å². The van der Waals surface area contributed by atoms with E-state index in [4.69, 9.17) is 16.9 Å². The molecule has 3 nitrogen and oxygen atoms in total. The van der Waals surface area contributed by atoms with Crippen LogP contribution in [0.15, 0.2) is 8.78 Å². The SMILES string of the molecule is CN(C)C=Nc1sc(Br)c(Cl)c1C#N. The Labute approximate surface area is 99.8 Å². The van der Waals surface area contributed by atoms with Gasteiger partial charge in [0.2, 0.25) is 0 Å². The third-order valence-corrected chi connectivity index (χ3v) is 3.80. The van der Waals surface area contributed by atoms with Crippen LogP contribution < -0.4 is 0 Å². The minimum atomic E-state index is 0.418. The monoisotopic (exact) mass is 291 g/mol. The average molecular weight is 293 g/mol. The molecule has 0 saturated carbocycles. The molecule has 0 amide bonds. The van der Waals surface area contributed by atoms with E-state index in [1.165, 1.54) is 11.3 Å². The van der Waals surface area contributed by atoms with Gasteiger partial charge in [-0.15, -0.1) is 11.3 Å². The van der Waals surface area contributed by atoms with E-state index in [1.807, 2.05) is 20.2 Å². The summed E-state index contributed by atoms with van der Waals surface area (Å²) in [6.45, 7) is 0. The Bertz CT molecular complexity index is 405. The third-order valence-electron chi connectivity index (χ3n) is 1.31. The molecule has 0 aromatic carbocycles. The first-order chi connectivity index (χ1) is 6.56. The summed E-state index contributed by atoms with van der Waals surface area (Å²) < 4.78 is 0.738. The number of thiophene rings is 1. The smallest absolute Gasteiger partial charge is 0.138 e. The minimum Gasteiger partial charge on any atom is -0.369 e. The van der Waals surface area contributed by atoms with Crippen LogP contribution in [-0.4, -0.2) is 25.3 Å². The van der Waals surface area contributed by atoms with Crippen LogP contribution in [0.1, 0.15) is 5.56 Å². The summed E-state index contributed by atoms with van der Waals surface area (Å²) in [6, 6.07) is 2.02. The second-order valence-electron chi connectivity index (χ2n) is 2.69. The summed E-state index contributed by atoms with van der Waals surface area (Å²) in [4.78, 5) is 5.94. The molecule has 1 aromatic rings. The molecular formula is C8H7BrClN3S. The van der Waals surface area contributed by atoms with Crippen molar-refractivity contribution >= 4 is 50.2 Å². The van der Waals surface area contributed by atoms with Crippen molar-refractivity contribution in [1.29, 1.82) is 5.26 Å². The molecule has 14 heavy (non-hydrogen) atoms. The Balaban J connectivity index is 3.11. The number of nitriles is 1. The first-order valence-corrected chi connectivity index (χ1v) is 5.63. The van der Waals surface area contributed by atoms with Crippen molar-refractivity contribution in [2.24, 2.45) is 4.99 Å². The first-order valence-electron chi connectivity index (χ1n) is 3.64. The zero-order valence-corrected chi connectivity index (χ0v) is 10.7. The number of halogens is 2. The van der Waals surface area contributed by atoms with E-state index in [0.717, 1.165) is 3.79 Å². The van der Waals surface area contributed by atoms with Gasteiger partial charge >= 0.3 is 0 Å². The van der Waals surface area contributed by atoms with Gasteiger partial charge in [0.15, 0.2) is 0 Å². The molecule has 0 N–H and O–H groups in total. The van der Waals surface area contributed by atoms with Gasteiger partial charge in [0.25, 0.3) is 0 Å². The van der Waals surface area contributed by atoms with Crippen molar-refractivity contribution in [3.8, 4) is 6.07 Å². The van der Waals surface area contributed by atoms with Gasteiger partial charge in [0.05, 0.1) is 15.1 Å². The quantitative estimate of drug-likeness (QED) is 0.620. The highest BCUT2D eigenvalue weighted by Crippen LogP contribution is 2.41. The van der Waals surface area contributed by atoms with Crippen molar-refractivity contribution in [3.05, 3.63) is 14.4 Å². The Hall–Kier alpha value is -0.570. The van der Waals surface area contributed by atoms with Crippen LogP contribution in [0.4, 0.5) is 5.00 Å². The Morgan fingerprint density at radius 3 is 2.79 bits per heavy atom. The first kappa shape index (κ1) is 11.5. The van der Waals surface area contributed by atoms with Crippen LogP contribution in [0.2, 0.25) is 5.02 Å². The lowest BCUT2D eigenvalue weighted by molar-refractivity contribution is 0.643. The molecular weight excluding hydrogens is 286 g/mol. The maximum atomic E-state index is 8.84. The largest absolute Gasteiger partial charge is 0.369 e. The molecule has 74 valence electrons. The molecule has 0 atom stereocenters. The number of hydrogen-bond acceptors (Lipinski definition) is 3. The maximum absolute atomic E-state index is 8.84. The molecule has 1 heterocycles. The summed E-state index contributed by atoms with van der Waals surface area (Å²) in [7, 11) is 3.72. The topological polar surface area (TPSA) is 39.4 Å². The fourth-order valence-corrected chi connectivity index (χ4v) is 2.40. The molecule has 0 aliphatic rings. The third kappa shape index (κ3) is 2.47. The Morgan fingerprint density at radius 2 is 2.29 bits per heavy atom. The lowest BCUT2D eigenvalue weighted by Crippen LogP contribution is -2.06. The Morgan fingerprint density at radius 1 is 1.64 bits per heavy atom. The standard InChI is InChI=1S/C8H7BrClN3S/c1-13(2)4-12-8-5(3-11)6(10)7(9)14-8/h4H,1-2H3. The summed E-state index contributed by atoms with van der Waals surface area (Å²) in [6.07, 6.45) is 1.63. The molecule has 0 fully saturated rings.